The van der Waals surface area contributed by atoms with Crippen LogP contribution in [-0.2, 0) is 20.6 Å². The number of benzene rings is 2. The van der Waals surface area contributed by atoms with Crippen molar-refractivity contribution in [1.29, 1.82) is 0 Å². The number of ether oxygens (including phenoxy) is 1. The molecule has 0 aromatic heterocycles. The van der Waals surface area contributed by atoms with Crippen molar-refractivity contribution in [1.82, 2.24) is 0 Å². The first-order valence-electron chi connectivity index (χ1n) is 7.98. The third kappa shape index (κ3) is 4.13. The highest BCUT2D eigenvalue weighted by Gasteiger charge is 2.32. The van der Waals surface area contributed by atoms with E-state index in [2.05, 4.69) is 10.0 Å². The van der Waals surface area contributed by atoms with Crippen LogP contribution in [0.25, 0.3) is 0 Å². The molecule has 1 aliphatic rings. The van der Waals surface area contributed by atoms with Crippen LogP contribution in [0.2, 0.25) is 0 Å². The van der Waals surface area contributed by atoms with Gasteiger partial charge in [0.25, 0.3) is 0 Å². The third-order valence-electron chi connectivity index (χ3n) is 3.98. The van der Waals surface area contributed by atoms with Gasteiger partial charge in [0.2, 0.25) is 15.9 Å². The van der Waals surface area contributed by atoms with Crippen molar-refractivity contribution in [3.63, 3.8) is 0 Å². The summed E-state index contributed by atoms with van der Waals surface area (Å²) in [7, 11) is -3.69. The molecule has 26 heavy (non-hydrogen) atoms. The Kier molecular flexibility index (Phi) is 4.62. The van der Waals surface area contributed by atoms with E-state index in [4.69, 9.17) is 4.74 Å². The van der Waals surface area contributed by atoms with Crippen LogP contribution in [0.1, 0.15) is 19.4 Å². The Balaban J connectivity index is 1.78. The molecule has 6 nitrogen and oxygen atoms in total. The molecule has 0 spiro atoms. The number of carbonyl (C=O) groups excluding carboxylic acids is 1. The van der Waals surface area contributed by atoms with Crippen LogP contribution >= 0.6 is 0 Å². The Morgan fingerprint density at radius 3 is 2.58 bits per heavy atom. The predicted octanol–water partition coefficient (Wildman–Crippen LogP) is 3.12. The number of rotatable bonds is 4. The zero-order valence-corrected chi connectivity index (χ0v) is 15.2. The molecule has 1 heterocycles. The molecule has 138 valence electrons. The Morgan fingerprint density at radius 2 is 1.88 bits per heavy atom. The van der Waals surface area contributed by atoms with Crippen LogP contribution in [0.4, 0.5) is 15.8 Å². The molecule has 0 radical (unpaired) electrons. The standard InChI is InChI=1S/C18H19FN2O4S/c1-18(2)11-25-16-9-14(7-8-15(16)20-17(18)22)21-26(23,24)10-12-3-5-13(19)6-4-12/h3-9,21H,10-11H2,1-2H3,(H,20,22). The smallest absolute Gasteiger partial charge is 0.236 e. The molecule has 2 N–H and O–H groups in total. The minimum absolute atomic E-state index is 0.166. The molecule has 1 aliphatic heterocycles. The van der Waals surface area contributed by atoms with E-state index in [9.17, 15) is 17.6 Å². The van der Waals surface area contributed by atoms with Crippen molar-refractivity contribution in [3.05, 3.63) is 53.8 Å². The molecular formula is C18H19FN2O4S. The lowest BCUT2D eigenvalue weighted by Gasteiger charge is -2.18. The molecule has 0 saturated carbocycles. The van der Waals surface area contributed by atoms with Crippen molar-refractivity contribution in [2.45, 2.75) is 19.6 Å². The second-order valence-electron chi connectivity index (χ2n) is 6.83. The molecule has 2 aromatic rings. The van der Waals surface area contributed by atoms with Gasteiger partial charge in [-0.15, -0.1) is 0 Å². The van der Waals surface area contributed by atoms with Crippen LogP contribution in [0.5, 0.6) is 5.75 Å². The molecule has 0 saturated heterocycles. The fourth-order valence-electron chi connectivity index (χ4n) is 2.44. The topological polar surface area (TPSA) is 84.5 Å². The summed E-state index contributed by atoms with van der Waals surface area (Å²) in [5.74, 6) is -0.478. The average Bonchev–Trinajstić information content (AvgIpc) is 2.66. The SMILES string of the molecule is CC1(C)COc2cc(NS(=O)(=O)Cc3ccc(F)cc3)ccc2NC1=O. The van der Waals surface area contributed by atoms with E-state index in [1.165, 1.54) is 30.3 Å². The summed E-state index contributed by atoms with van der Waals surface area (Å²) in [6.45, 7) is 3.71. The largest absolute Gasteiger partial charge is 0.490 e. The summed E-state index contributed by atoms with van der Waals surface area (Å²) in [5.41, 5.74) is 0.585. The highest BCUT2D eigenvalue weighted by Crippen LogP contribution is 2.34. The Morgan fingerprint density at radius 1 is 1.19 bits per heavy atom. The quantitative estimate of drug-likeness (QED) is 0.856. The molecule has 0 atom stereocenters. The highest BCUT2D eigenvalue weighted by molar-refractivity contribution is 7.91. The van der Waals surface area contributed by atoms with E-state index in [1.54, 1.807) is 26.0 Å². The second-order valence-corrected chi connectivity index (χ2v) is 8.55. The van der Waals surface area contributed by atoms with Gasteiger partial charge in [-0.25, -0.2) is 12.8 Å². The van der Waals surface area contributed by atoms with Gasteiger partial charge in [0.1, 0.15) is 18.2 Å². The van der Waals surface area contributed by atoms with Crippen LogP contribution in [-0.4, -0.2) is 20.9 Å². The number of amides is 1. The number of nitrogens with one attached hydrogen (secondary N) is 2. The second kappa shape index (κ2) is 6.60. The van der Waals surface area contributed by atoms with Gasteiger partial charge in [-0.3, -0.25) is 9.52 Å². The van der Waals surface area contributed by atoms with Crippen LogP contribution in [0, 0.1) is 11.2 Å². The molecule has 0 bridgehead atoms. The van der Waals surface area contributed by atoms with E-state index in [-0.39, 0.29) is 18.3 Å². The molecular weight excluding hydrogens is 359 g/mol. The molecule has 0 fully saturated rings. The van der Waals surface area contributed by atoms with Crippen LogP contribution in [0.15, 0.2) is 42.5 Å². The summed E-state index contributed by atoms with van der Waals surface area (Å²) < 4.78 is 45.7. The normalized spacial score (nSPS) is 16.0. The number of sulfonamides is 1. The van der Waals surface area contributed by atoms with E-state index in [0.717, 1.165) is 0 Å². The third-order valence-corrected chi connectivity index (χ3v) is 5.24. The monoisotopic (exact) mass is 378 g/mol. The van der Waals surface area contributed by atoms with Gasteiger partial charge >= 0.3 is 0 Å². The molecule has 0 unspecified atom stereocenters. The summed E-state index contributed by atoms with van der Waals surface area (Å²) in [5, 5.41) is 2.77. The molecule has 3 rings (SSSR count). The molecule has 8 heteroatoms. The van der Waals surface area contributed by atoms with Crippen LogP contribution in [0.3, 0.4) is 0 Å². The van der Waals surface area contributed by atoms with Crippen molar-refractivity contribution in [2.75, 3.05) is 16.6 Å². The zero-order valence-electron chi connectivity index (χ0n) is 14.4. The lowest BCUT2D eigenvalue weighted by Crippen LogP contribution is -2.33. The maximum absolute atomic E-state index is 12.9. The van der Waals surface area contributed by atoms with E-state index < -0.39 is 21.3 Å². The molecule has 2 aromatic carbocycles. The Bertz CT molecular complexity index is 940. The molecule has 1 amide bonds. The summed E-state index contributed by atoms with van der Waals surface area (Å²) in [6.07, 6.45) is 0. The number of anilines is 2. The first-order chi connectivity index (χ1) is 12.1. The van der Waals surface area contributed by atoms with E-state index in [1.807, 2.05) is 0 Å². The minimum atomic E-state index is -3.69. The summed E-state index contributed by atoms with van der Waals surface area (Å²) in [4.78, 5) is 12.1. The Hall–Kier alpha value is -2.61. The number of halogens is 1. The minimum Gasteiger partial charge on any atom is -0.490 e. The fourth-order valence-corrected chi connectivity index (χ4v) is 3.63. The number of fused-ring (bicyclic) bond motifs is 1. The Labute approximate surface area is 151 Å². The van der Waals surface area contributed by atoms with Crippen molar-refractivity contribution in [3.8, 4) is 5.75 Å². The first kappa shape index (κ1) is 18.2. The highest BCUT2D eigenvalue weighted by atomic mass is 32.2. The van der Waals surface area contributed by atoms with Gasteiger partial charge in [0.05, 0.1) is 22.5 Å². The van der Waals surface area contributed by atoms with E-state index in [0.29, 0.717) is 22.7 Å². The van der Waals surface area contributed by atoms with Gasteiger partial charge in [-0.1, -0.05) is 12.1 Å². The van der Waals surface area contributed by atoms with Gasteiger partial charge < -0.3 is 10.1 Å². The average molecular weight is 378 g/mol. The number of hydrogen-bond donors (Lipinski definition) is 2. The number of hydrogen-bond acceptors (Lipinski definition) is 4. The van der Waals surface area contributed by atoms with Gasteiger partial charge in [0.15, 0.2) is 0 Å². The maximum atomic E-state index is 12.9. The van der Waals surface area contributed by atoms with Crippen molar-refractivity contribution < 1.29 is 22.3 Å². The lowest BCUT2D eigenvalue weighted by atomic mass is 9.94. The van der Waals surface area contributed by atoms with E-state index >= 15 is 0 Å². The summed E-state index contributed by atoms with van der Waals surface area (Å²) in [6, 6.07) is 9.93. The fraction of sp³-hybridized carbons (Fsp3) is 0.278. The van der Waals surface area contributed by atoms with Gasteiger partial charge in [-0.2, -0.15) is 0 Å². The van der Waals surface area contributed by atoms with Crippen LogP contribution < -0.4 is 14.8 Å². The maximum Gasteiger partial charge on any atom is 0.236 e. The lowest BCUT2D eigenvalue weighted by molar-refractivity contribution is -0.124. The first-order valence-corrected chi connectivity index (χ1v) is 9.63. The molecule has 0 aliphatic carbocycles. The number of carbonyl (C=O) groups is 1. The van der Waals surface area contributed by atoms with Crippen molar-refractivity contribution >= 4 is 27.3 Å². The predicted molar refractivity (Wildman–Crippen MR) is 97.0 cm³/mol. The van der Waals surface area contributed by atoms with Crippen molar-refractivity contribution in [2.24, 2.45) is 5.41 Å². The van der Waals surface area contributed by atoms with Gasteiger partial charge in [0, 0.05) is 6.07 Å². The zero-order chi connectivity index (χ0) is 18.9. The van der Waals surface area contributed by atoms with Gasteiger partial charge in [-0.05, 0) is 43.7 Å². The summed E-state index contributed by atoms with van der Waals surface area (Å²) >= 11 is 0.